The molecule has 0 bridgehead atoms. The molecule has 1 amide bonds. The largest absolute Gasteiger partial charge is 0.497 e. The van der Waals surface area contributed by atoms with Gasteiger partial charge < -0.3 is 9.47 Å². The van der Waals surface area contributed by atoms with Gasteiger partial charge in [-0.3, -0.25) is 9.89 Å². The van der Waals surface area contributed by atoms with Gasteiger partial charge in [-0.2, -0.15) is 10.2 Å². The molecule has 0 radical (unpaired) electrons. The van der Waals surface area contributed by atoms with Crippen LogP contribution in [0.3, 0.4) is 0 Å². The Kier molecular flexibility index (Phi) is 5.51. The molecule has 1 aromatic heterocycles. The van der Waals surface area contributed by atoms with Gasteiger partial charge in [-0.15, -0.1) is 0 Å². The van der Waals surface area contributed by atoms with Crippen molar-refractivity contribution in [1.29, 1.82) is 0 Å². The summed E-state index contributed by atoms with van der Waals surface area (Å²) in [5.41, 5.74) is 6.17. The van der Waals surface area contributed by atoms with Crippen LogP contribution >= 0.6 is 0 Å². The number of carbonyl (C=O) groups excluding carboxylic acids is 1. The maximum Gasteiger partial charge on any atom is 0.289 e. The molecule has 0 aliphatic rings. The number of methoxy groups -OCH3 is 2. The van der Waals surface area contributed by atoms with Gasteiger partial charge in [0, 0.05) is 11.6 Å². The molecule has 2 aromatic carbocycles. The Morgan fingerprint density at radius 1 is 1.11 bits per heavy atom. The topological polar surface area (TPSA) is 88.6 Å². The highest BCUT2D eigenvalue weighted by Gasteiger charge is 2.14. The highest BCUT2D eigenvalue weighted by molar-refractivity contribution is 5.94. The molecule has 0 atom stereocenters. The third kappa shape index (κ3) is 4.33. The van der Waals surface area contributed by atoms with Crippen molar-refractivity contribution in [2.45, 2.75) is 6.92 Å². The van der Waals surface area contributed by atoms with E-state index in [-0.39, 0.29) is 5.91 Å². The van der Waals surface area contributed by atoms with Crippen molar-refractivity contribution in [3.63, 3.8) is 0 Å². The average Bonchev–Trinajstić information content (AvgIpc) is 3.19. The highest BCUT2D eigenvalue weighted by Crippen LogP contribution is 2.32. The van der Waals surface area contributed by atoms with Gasteiger partial charge in [-0.1, -0.05) is 29.8 Å². The third-order valence-corrected chi connectivity index (χ3v) is 3.96. The van der Waals surface area contributed by atoms with Gasteiger partial charge in [0.05, 0.1) is 26.1 Å². The van der Waals surface area contributed by atoms with Crippen molar-refractivity contribution in [1.82, 2.24) is 15.6 Å². The van der Waals surface area contributed by atoms with Crippen LogP contribution < -0.4 is 14.9 Å². The summed E-state index contributed by atoms with van der Waals surface area (Å²) in [7, 11) is 3.15. The second-order valence-corrected chi connectivity index (χ2v) is 5.84. The summed E-state index contributed by atoms with van der Waals surface area (Å²) in [5, 5.41) is 10.9. The van der Waals surface area contributed by atoms with Crippen LogP contribution in [0.2, 0.25) is 0 Å². The predicted octanol–water partition coefficient (Wildman–Crippen LogP) is 3.17. The van der Waals surface area contributed by atoms with E-state index in [2.05, 4.69) is 20.7 Å². The molecule has 7 heteroatoms. The fourth-order valence-electron chi connectivity index (χ4n) is 2.46. The molecule has 0 saturated carbocycles. The molecule has 27 heavy (non-hydrogen) atoms. The second kappa shape index (κ2) is 8.18. The van der Waals surface area contributed by atoms with Crippen LogP contribution in [0.4, 0.5) is 0 Å². The number of aromatic nitrogens is 2. The Morgan fingerprint density at radius 3 is 2.59 bits per heavy atom. The van der Waals surface area contributed by atoms with Gasteiger partial charge in [0.1, 0.15) is 17.2 Å². The van der Waals surface area contributed by atoms with Crippen molar-refractivity contribution in [2.24, 2.45) is 5.10 Å². The van der Waals surface area contributed by atoms with Crippen LogP contribution in [0.5, 0.6) is 11.5 Å². The first-order valence-electron chi connectivity index (χ1n) is 8.28. The number of amides is 1. The molecular weight excluding hydrogens is 344 g/mol. The van der Waals surface area contributed by atoms with E-state index in [0.29, 0.717) is 22.9 Å². The standard InChI is InChI=1S/C20H20N4O3/c1-13-4-6-14(7-5-13)12-21-24-20(25)18-11-17(22-23-18)16-9-8-15(26-2)10-19(16)27-3/h4-12H,1-3H3,(H,22,23)(H,24,25)/b21-12+. The van der Waals surface area contributed by atoms with E-state index in [1.807, 2.05) is 37.3 Å². The summed E-state index contributed by atoms with van der Waals surface area (Å²) in [4.78, 5) is 12.2. The quantitative estimate of drug-likeness (QED) is 0.519. The predicted molar refractivity (Wildman–Crippen MR) is 103 cm³/mol. The number of aromatic amines is 1. The Morgan fingerprint density at radius 2 is 1.89 bits per heavy atom. The van der Waals surface area contributed by atoms with Gasteiger partial charge in [0.15, 0.2) is 0 Å². The Hall–Kier alpha value is -3.61. The molecule has 0 unspecified atom stereocenters. The summed E-state index contributed by atoms with van der Waals surface area (Å²) in [6.07, 6.45) is 1.58. The van der Waals surface area contributed by atoms with Crippen LogP contribution in [0.25, 0.3) is 11.3 Å². The highest BCUT2D eigenvalue weighted by atomic mass is 16.5. The summed E-state index contributed by atoms with van der Waals surface area (Å²) >= 11 is 0. The van der Waals surface area contributed by atoms with Gasteiger partial charge in [0.25, 0.3) is 5.91 Å². The number of hydrazone groups is 1. The number of carbonyl (C=O) groups is 1. The van der Waals surface area contributed by atoms with E-state index in [0.717, 1.165) is 16.7 Å². The first-order valence-corrected chi connectivity index (χ1v) is 8.28. The molecule has 3 aromatic rings. The fourth-order valence-corrected chi connectivity index (χ4v) is 2.46. The molecule has 0 spiro atoms. The number of nitrogens with one attached hydrogen (secondary N) is 2. The number of ether oxygens (including phenoxy) is 2. The van der Waals surface area contributed by atoms with E-state index in [1.54, 1.807) is 38.6 Å². The molecule has 0 fully saturated rings. The molecule has 7 nitrogen and oxygen atoms in total. The minimum Gasteiger partial charge on any atom is -0.497 e. The monoisotopic (exact) mass is 364 g/mol. The summed E-state index contributed by atoms with van der Waals surface area (Å²) in [6, 6.07) is 14.8. The first kappa shape index (κ1) is 18.2. The van der Waals surface area contributed by atoms with E-state index in [4.69, 9.17) is 9.47 Å². The maximum atomic E-state index is 12.2. The number of hydrogen-bond acceptors (Lipinski definition) is 5. The molecule has 3 rings (SSSR count). The molecule has 1 heterocycles. The van der Waals surface area contributed by atoms with Gasteiger partial charge in [-0.25, -0.2) is 5.43 Å². The molecule has 138 valence electrons. The average molecular weight is 364 g/mol. The summed E-state index contributed by atoms with van der Waals surface area (Å²) < 4.78 is 10.6. The number of aryl methyl sites for hydroxylation is 1. The van der Waals surface area contributed by atoms with Gasteiger partial charge >= 0.3 is 0 Å². The van der Waals surface area contributed by atoms with Crippen LogP contribution in [0, 0.1) is 6.92 Å². The lowest BCUT2D eigenvalue weighted by Gasteiger charge is -2.08. The number of H-pyrrole nitrogens is 1. The van der Waals surface area contributed by atoms with Crippen LogP contribution in [0.1, 0.15) is 21.6 Å². The zero-order valence-electron chi connectivity index (χ0n) is 15.3. The SMILES string of the molecule is COc1ccc(-c2cc(C(=O)N/N=C/c3ccc(C)cc3)[nH]n2)c(OC)c1. The number of rotatable bonds is 6. The lowest BCUT2D eigenvalue weighted by Crippen LogP contribution is -2.17. The van der Waals surface area contributed by atoms with E-state index < -0.39 is 0 Å². The molecule has 2 N–H and O–H groups in total. The smallest absolute Gasteiger partial charge is 0.289 e. The fraction of sp³-hybridized carbons (Fsp3) is 0.150. The van der Waals surface area contributed by atoms with E-state index >= 15 is 0 Å². The number of hydrogen-bond donors (Lipinski definition) is 2. The molecule has 0 saturated heterocycles. The van der Waals surface area contributed by atoms with E-state index in [9.17, 15) is 4.79 Å². The normalized spacial score (nSPS) is 10.8. The summed E-state index contributed by atoms with van der Waals surface area (Å²) in [5.74, 6) is 0.893. The zero-order chi connectivity index (χ0) is 19.2. The van der Waals surface area contributed by atoms with Crippen molar-refractivity contribution < 1.29 is 14.3 Å². The van der Waals surface area contributed by atoms with Crippen LogP contribution in [-0.2, 0) is 0 Å². The Balaban J connectivity index is 1.71. The minimum absolute atomic E-state index is 0.295. The van der Waals surface area contributed by atoms with Gasteiger partial charge in [0.2, 0.25) is 0 Å². The first-order chi connectivity index (χ1) is 13.1. The minimum atomic E-state index is -0.385. The lowest BCUT2D eigenvalue weighted by molar-refractivity contribution is 0.0950. The molecule has 0 aliphatic carbocycles. The van der Waals surface area contributed by atoms with E-state index in [1.165, 1.54) is 0 Å². The molecular formula is C20H20N4O3. The Bertz CT molecular complexity index is 962. The third-order valence-electron chi connectivity index (χ3n) is 3.96. The van der Waals surface area contributed by atoms with Gasteiger partial charge in [-0.05, 0) is 30.7 Å². The summed E-state index contributed by atoms with van der Waals surface area (Å²) in [6.45, 7) is 2.01. The zero-order valence-corrected chi connectivity index (χ0v) is 15.3. The van der Waals surface area contributed by atoms with Crippen molar-refractivity contribution in [3.05, 3.63) is 65.4 Å². The number of benzene rings is 2. The lowest BCUT2D eigenvalue weighted by atomic mass is 10.1. The van der Waals surface area contributed by atoms with Crippen LogP contribution in [-0.4, -0.2) is 36.5 Å². The van der Waals surface area contributed by atoms with Crippen LogP contribution in [0.15, 0.2) is 53.6 Å². The van der Waals surface area contributed by atoms with Crippen molar-refractivity contribution >= 4 is 12.1 Å². The Labute approximate surface area is 157 Å². The maximum absolute atomic E-state index is 12.2. The molecule has 0 aliphatic heterocycles. The second-order valence-electron chi connectivity index (χ2n) is 5.84. The number of nitrogens with zero attached hydrogens (tertiary/aromatic N) is 2. The van der Waals surface area contributed by atoms with Crippen molar-refractivity contribution in [2.75, 3.05) is 14.2 Å². The van der Waals surface area contributed by atoms with Crippen molar-refractivity contribution in [3.8, 4) is 22.8 Å².